The normalized spacial score (nSPS) is 11.6. The van der Waals surface area contributed by atoms with Crippen LogP contribution >= 0.6 is 0 Å². The molecule has 106 valence electrons. The van der Waals surface area contributed by atoms with Crippen molar-refractivity contribution >= 4 is 17.4 Å². The largest absolute Gasteiger partial charge is 0.460 e. The Morgan fingerprint density at radius 2 is 2.10 bits per heavy atom. The van der Waals surface area contributed by atoms with Crippen LogP contribution in [0, 0.1) is 0 Å². The first-order chi connectivity index (χ1) is 9.26. The van der Waals surface area contributed by atoms with Crippen molar-refractivity contribution in [2.24, 2.45) is 5.73 Å². The van der Waals surface area contributed by atoms with Crippen LogP contribution in [0.2, 0.25) is 0 Å². The van der Waals surface area contributed by atoms with Crippen LogP contribution in [0.15, 0.2) is 24.5 Å². The zero-order valence-corrected chi connectivity index (χ0v) is 11.7. The van der Waals surface area contributed by atoms with Crippen molar-refractivity contribution in [1.29, 1.82) is 0 Å². The number of pyridine rings is 1. The van der Waals surface area contributed by atoms with E-state index in [9.17, 15) is 9.59 Å². The number of nitrogens with two attached hydrogens (primary N) is 1. The van der Waals surface area contributed by atoms with E-state index in [4.69, 9.17) is 10.5 Å². The zero-order valence-electron chi connectivity index (χ0n) is 11.7. The number of ether oxygens (including phenoxy) is 1. The van der Waals surface area contributed by atoms with Crippen molar-refractivity contribution in [2.45, 2.75) is 32.8 Å². The topological polar surface area (TPSA) is 86.7 Å². The monoisotopic (exact) mass is 275 g/mol. The van der Waals surface area contributed by atoms with Crippen molar-refractivity contribution < 1.29 is 14.3 Å². The molecular formula is C14H17N3O3. The Hall–Kier alpha value is -2.37. The third kappa shape index (κ3) is 3.14. The van der Waals surface area contributed by atoms with Crippen molar-refractivity contribution in [1.82, 2.24) is 9.61 Å². The van der Waals surface area contributed by atoms with E-state index in [2.05, 4.69) is 5.10 Å². The van der Waals surface area contributed by atoms with Crippen LogP contribution in [-0.4, -0.2) is 27.1 Å². The summed E-state index contributed by atoms with van der Waals surface area (Å²) in [6.45, 7) is 5.45. The molecular weight excluding hydrogens is 258 g/mol. The van der Waals surface area contributed by atoms with Crippen LogP contribution in [-0.2, 0) is 16.0 Å². The summed E-state index contributed by atoms with van der Waals surface area (Å²) in [5.41, 5.74) is 6.41. The lowest BCUT2D eigenvalue weighted by atomic mass is 10.1. The number of fused-ring (bicyclic) bond motifs is 1. The molecule has 2 heterocycles. The van der Waals surface area contributed by atoms with Gasteiger partial charge < -0.3 is 10.5 Å². The number of aromatic nitrogens is 2. The van der Waals surface area contributed by atoms with Gasteiger partial charge in [0.05, 0.1) is 23.7 Å². The number of hydrogen-bond acceptors (Lipinski definition) is 4. The molecule has 2 N–H and O–H groups in total. The Balaban J connectivity index is 2.25. The van der Waals surface area contributed by atoms with Crippen LogP contribution in [0.1, 0.15) is 36.7 Å². The maximum atomic E-state index is 11.8. The van der Waals surface area contributed by atoms with Crippen molar-refractivity contribution in [3.63, 3.8) is 0 Å². The molecule has 0 spiro atoms. The van der Waals surface area contributed by atoms with Gasteiger partial charge in [0, 0.05) is 6.20 Å². The molecule has 0 radical (unpaired) electrons. The van der Waals surface area contributed by atoms with Gasteiger partial charge in [-0.1, -0.05) is 0 Å². The minimum Gasteiger partial charge on any atom is -0.460 e. The minimum absolute atomic E-state index is 0.136. The molecule has 0 aliphatic rings. The highest BCUT2D eigenvalue weighted by Gasteiger charge is 2.17. The average molecular weight is 275 g/mol. The van der Waals surface area contributed by atoms with E-state index in [1.54, 1.807) is 22.8 Å². The SMILES string of the molecule is CC(C)(C)OC(=O)Cc1ccn2ncc(C(N)=O)c2c1. The van der Waals surface area contributed by atoms with E-state index in [1.165, 1.54) is 6.20 Å². The van der Waals surface area contributed by atoms with Gasteiger partial charge in [0.1, 0.15) is 5.60 Å². The molecule has 0 aromatic carbocycles. The Bertz CT molecular complexity index is 668. The number of nitrogens with zero attached hydrogens (tertiary/aromatic N) is 2. The highest BCUT2D eigenvalue weighted by Crippen LogP contribution is 2.14. The molecule has 0 aliphatic heterocycles. The third-order valence-electron chi connectivity index (χ3n) is 2.62. The van der Waals surface area contributed by atoms with Gasteiger partial charge >= 0.3 is 5.97 Å². The summed E-state index contributed by atoms with van der Waals surface area (Å²) in [4.78, 5) is 23.1. The quantitative estimate of drug-likeness (QED) is 0.856. The second-order valence-corrected chi connectivity index (χ2v) is 5.55. The van der Waals surface area contributed by atoms with Crippen LogP contribution in [0.5, 0.6) is 0 Å². The summed E-state index contributed by atoms with van der Waals surface area (Å²) in [6, 6.07) is 3.48. The fraction of sp³-hybridized carbons (Fsp3) is 0.357. The van der Waals surface area contributed by atoms with Crippen LogP contribution in [0.3, 0.4) is 0 Å². The van der Waals surface area contributed by atoms with Crippen molar-refractivity contribution in [3.8, 4) is 0 Å². The summed E-state index contributed by atoms with van der Waals surface area (Å²) >= 11 is 0. The second-order valence-electron chi connectivity index (χ2n) is 5.55. The first-order valence-electron chi connectivity index (χ1n) is 6.24. The maximum absolute atomic E-state index is 11.8. The lowest BCUT2D eigenvalue weighted by molar-refractivity contribution is -0.153. The van der Waals surface area contributed by atoms with Crippen LogP contribution < -0.4 is 5.73 Å². The number of amides is 1. The molecule has 6 nitrogen and oxygen atoms in total. The van der Waals surface area contributed by atoms with E-state index < -0.39 is 11.5 Å². The van der Waals surface area contributed by atoms with E-state index in [0.29, 0.717) is 11.1 Å². The lowest BCUT2D eigenvalue weighted by Gasteiger charge is -2.19. The predicted octanol–water partition coefficient (Wildman–Crippen LogP) is 1.32. The summed E-state index contributed by atoms with van der Waals surface area (Å²) in [5.74, 6) is -0.864. The molecule has 0 saturated carbocycles. The molecule has 2 aromatic rings. The summed E-state index contributed by atoms with van der Waals surface area (Å²) in [6.07, 6.45) is 3.23. The molecule has 1 amide bonds. The van der Waals surface area contributed by atoms with E-state index in [0.717, 1.165) is 5.56 Å². The molecule has 6 heteroatoms. The first kappa shape index (κ1) is 14.0. The van der Waals surface area contributed by atoms with E-state index >= 15 is 0 Å². The molecule has 0 atom stereocenters. The number of primary amides is 1. The number of carbonyl (C=O) groups is 2. The smallest absolute Gasteiger partial charge is 0.310 e. The fourth-order valence-corrected chi connectivity index (χ4v) is 1.87. The van der Waals surface area contributed by atoms with Gasteiger partial charge in [-0.2, -0.15) is 5.10 Å². The number of rotatable bonds is 3. The van der Waals surface area contributed by atoms with Crippen LogP contribution in [0.4, 0.5) is 0 Å². The van der Waals surface area contributed by atoms with Crippen molar-refractivity contribution in [3.05, 3.63) is 35.7 Å². The first-order valence-corrected chi connectivity index (χ1v) is 6.24. The fourth-order valence-electron chi connectivity index (χ4n) is 1.87. The molecule has 0 aliphatic carbocycles. The summed E-state index contributed by atoms with van der Waals surface area (Å²) < 4.78 is 6.80. The second kappa shape index (κ2) is 4.96. The standard InChI is InChI=1S/C14H17N3O3/c1-14(2,3)20-12(18)7-9-4-5-17-11(6-9)10(8-16-17)13(15)19/h4-6,8H,7H2,1-3H3,(H2,15,19). The van der Waals surface area contributed by atoms with Gasteiger partial charge in [-0.05, 0) is 38.5 Å². The maximum Gasteiger partial charge on any atom is 0.310 e. The third-order valence-corrected chi connectivity index (χ3v) is 2.62. The van der Waals surface area contributed by atoms with Gasteiger partial charge in [-0.25, -0.2) is 4.52 Å². The number of carbonyl (C=O) groups excluding carboxylic acids is 2. The van der Waals surface area contributed by atoms with Gasteiger partial charge in [0.2, 0.25) is 0 Å². The highest BCUT2D eigenvalue weighted by atomic mass is 16.6. The van der Waals surface area contributed by atoms with Crippen LogP contribution in [0.25, 0.3) is 5.52 Å². The molecule has 2 aromatic heterocycles. The summed E-state index contributed by atoms with van der Waals surface area (Å²) in [5, 5.41) is 4.02. The van der Waals surface area contributed by atoms with Gasteiger partial charge in [0.25, 0.3) is 5.91 Å². The average Bonchev–Trinajstić information content (AvgIpc) is 2.69. The Labute approximate surface area is 116 Å². The minimum atomic E-state index is -0.547. The molecule has 0 bridgehead atoms. The van der Waals surface area contributed by atoms with Gasteiger partial charge in [-0.15, -0.1) is 0 Å². The molecule has 0 saturated heterocycles. The molecule has 0 unspecified atom stereocenters. The summed E-state index contributed by atoms with van der Waals surface area (Å²) in [7, 11) is 0. The predicted molar refractivity (Wildman–Crippen MR) is 73.3 cm³/mol. The molecule has 20 heavy (non-hydrogen) atoms. The Morgan fingerprint density at radius 3 is 2.70 bits per heavy atom. The number of hydrogen-bond donors (Lipinski definition) is 1. The molecule has 0 fully saturated rings. The van der Waals surface area contributed by atoms with Gasteiger partial charge in [-0.3, -0.25) is 9.59 Å². The van der Waals surface area contributed by atoms with E-state index in [1.807, 2.05) is 20.8 Å². The van der Waals surface area contributed by atoms with E-state index in [-0.39, 0.29) is 12.4 Å². The number of esters is 1. The zero-order chi connectivity index (χ0) is 14.9. The Morgan fingerprint density at radius 1 is 1.40 bits per heavy atom. The van der Waals surface area contributed by atoms with Gasteiger partial charge in [0.15, 0.2) is 0 Å². The Kier molecular flexibility index (Phi) is 3.48. The van der Waals surface area contributed by atoms with Crippen molar-refractivity contribution in [2.75, 3.05) is 0 Å². The highest BCUT2D eigenvalue weighted by molar-refractivity contribution is 5.99. The molecule has 2 rings (SSSR count). The lowest BCUT2D eigenvalue weighted by Crippen LogP contribution is -2.24.